The molecule has 0 bridgehead atoms. The van der Waals surface area contributed by atoms with Gasteiger partial charge in [0.2, 0.25) is 5.91 Å². The molecule has 3 aromatic rings. The predicted molar refractivity (Wildman–Crippen MR) is 113 cm³/mol. The SMILES string of the molecule is CC(Sc1ncnc2ccccc12)C(=O)N1CCN(Cc2ccccc2)CC1. The monoisotopic (exact) mass is 392 g/mol. The number of fused-ring (bicyclic) bond motifs is 1. The molecule has 1 unspecified atom stereocenters. The van der Waals surface area contributed by atoms with E-state index in [4.69, 9.17) is 0 Å². The molecular formula is C22H24N4OS. The number of benzene rings is 2. The van der Waals surface area contributed by atoms with Crippen molar-refractivity contribution in [2.45, 2.75) is 23.7 Å². The molecule has 1 saturated heterocycles. The number of hydrogen-bond acceptors (Lipinski definition) is 5. The van der Waals surface area contributed by atoms with Gasteiger partial charge < -0.3 is 4.90 Å². The summed E-state index contributed by atoms with van der Waals surface area (Å²) in [4.78, 5) is 26.1. The summed E-state index contributed by atoms with van der Waals surface area (Å²) in [5, 5.41) is 1.70. The quantitative estimate of drug-likeness (QED) is 0.492. The van der Waals surface area contributed by atoms with Gasteiger partial charge in [-0.3, -0.25) is 9.69 Å². The Morgan fingerprint density at radius 2 is 1.71 bits per heavy atom. The zero-order chi connectivity index (χ0) is 19.3. The largest absolute Gasteiger partial charge is 0.339 e. The molecule has 1 fully saturated rings. The molecule has 1 aromatic heterocycles. The maximum atomic E-state index is 12.9. The average molecular weight is 393 g/mol. The number of aromatic nitrogens is 2. The standard InChI is InChI=1S/C22H24N4OS/c1-17(28-21-19-9-5-6-10-20(19)23-16-24-21)22(27)26-13-11-25(12-14-26)15-18-7-3-2-4-8-18/h2-10,16-17H,11-15H2,1H3. The smallest absolute Gasteiger partial charge is 0.235 e. The molecule has 5 nitrogen and oxygen atoms in total. The Labute approximate surface area is 169 Å². The third-order valence-electron chi connectivity index (χ3n) is 5.08. The molecule has 0 spiro atoms. The lowest BCUT2D eigenvalue weighted by Gasteiger charge is -2.35. The zero-order valence-corrected chi connectivity index (χ0v) is 16.8. The lowest BCUT2D eigenvalue weighted by atomic mass is 10.2. The molecule has 2 heterocycles. The van der Waals surface area contributed by atoms with E-state index in [2.05, 4.69) is 39.1 Å². The summed E-state index contributed by atoms with van der Waals surface area (Å²) in [6.07, 6.45) is 1.57. The third kappa shape index (κ3) is 4.34. The number of rotatable bonds is 5. The zero-order valence-electron chi connectivity index (χ0n) is 16.0. The van der Waals surface area contributed by atoms with Gasteiger partial charge in [-0.25, -0.2) is 9.97 Å². The van der Waals surface area contributed by atoms with Crippen LogP contribution in [0.3, 0.4) is 0 Å². The lowest BCUT2D eigenvalue weighted by molar-refractivity contribution is -0.132. The normalized spacial score (nSPS) is 16.2. The Kier molecular flexibility index (Phi) is 5.88. The first kappa shape index (κ1) is 18.9. The van der Waals surface area contributed by atoms with Crippen molar-refractivity contribution in [2.24, 2.45) is 0 Å². The summed E-state index contributed by atoms with van der Waals surface area (Å²) in [5.74, 6) is 0.187. The fourth-order valence-corrected chi connectivity index (χ4v) is 4.51. The Bertz CT molecular complexity index is 936. The summed E-state index contributed by atoms with van der Waals surface area (Å²) in [5.41, 5.74) is 2.23. The van der Waals surface area contributed by atoms with Crippen LogP contribution in [0, 0.1) is 0 Å². The van der Waals surface area contributed by atoms with E-state index in [0.717, 1.165) is 48.7 Å². The third-order valence-corrected chi connectivity index (χ3v) is 6.18. The molecule has 0 N–H and O–H groups in total. The van der Waals surface area contributed by atoms with Gasteiger partial charge in [0.25, 0.3) is 0 Å². The Balaban J connectivity index is 1.34. The topological polar surface area (TPSA) is 49.3 Å². The minimum absolute atomic E-state index is 0.168. The summed E-state index contributed by atoms with van der Waals surface area (Å²) in [6, 6.07) is 18.4. The average Bonchev–Trinajstić information content (AvgIpc) is 2.75. The summed E-state index contributed by atoms with van der Waals surface area (Å²) >= 11 is 1.52. The summed E-state index contributed by atoms with van der Waals surface area (Å²) in [7, 11) is 0. The molecule has 1 atom stereocenters. The molecule has 0 aliphatic carbocycles. The van der Waals surface area contributed by atoms with Gasteiger partial charge in [-0.1, -0.05) is 60.3 Å². The van der Waals surface area contributed by atoms with Gasteiger partial charge in [-0.15, -0.1) is 0 Å². The van der Waals surface area contributed by atoms with Crippen molar-refractivity contribution < 1.29 is 4.79 Å². The van der Waals surface area contributed by atoms with E-state index in [9.17, 15) is 4.79 Å². The number of nitrogens with zero attached hydrogens (tertiary/aromatic N) is 4. The number of carbonyl (C=O) groups is 1. The van der Waals surface area contributed by atoms with Crippen LogP contribution in [0.4, 0.5) is 0 Å². The molecule has 0 radical (unpaired) electrons. The summed E-state index contributed by atoms with van der Waals surface area (Å²) in [6.45, 7) is 6.30. The van der Waals surface area contributed by atoms with Crippen LogP contribution < -0.4 is 0 Å². The van der Waals surface area contributed by atoms with Gasteiger partial charge in [-0.2, -0.15) is 0 Å². The Morgan fingerprint density at radius 3 is 2.50 bits per heavy atom. The lowest BCUT2D eigenvalue weighted by Crippen LogP contribution is -2.50. The van der Waals surface area contributed by atoms with Crippen molar-refractivity contribution in [3.63, 3.8) is 0 Å². The summed E-state index contributed by atoms with van der Waals surface area (Å²) < 4.78 is 0. The van der Waals surface area contributed by atoms with E-state index in [1.165, 1.54) is 17.3 Å². The highest BCUT2D eigenvalue weighted by atomic mass is 32.2. The second-order valence-electron chi connectivity index (χ2n) is 7.04. The number of amides is 1. The van der Waals surface area contributed by atoms with Gasteiger partial charge in [-0.05, 0) is 18.6 Å². The second kappa shape index (κ2) is 8.71. The molecular weight excluding hydrogens is 368 g/mol. The van der Waals surface area contributed by atoms with E-state index in [0.29, 0.717) is 0 Å². The highest BCUT2D eigenvalue weighted by Crippen LogP contribution is 2.28. The number of para-hydroxylation sites is 1. The van der Waals surface area contributed by atoms with Crippen molar-refractivity contribution >= 4 is 28.6 Å². The van der Waals surface area contributed by atoms with Crippen LogP contribution in [-0.2, 0) is 11.3 Å². The number of carbonyl (C=O) groups excluding carboxylic acids is 1. The van der Waals surface area contributed by atoms with Crippen LogP contribution in [0.25, 0.3) is 10.9 Å². The first-order chi connectivity index (χ1) is 13.7. The van der Waals surface area contributed by atoms with E-state index in [1.54, 1.807) is 6.33 Å². The highest BCUT2D eigenvalue weighted by molar-refractivity contribution is 8.00. The first-order valence-corrected chi connectivity index (χ1v) is 10.5. The molecule has 1 amide bonds. The maximum Gasteiger partial charge on any atom is 0.235 e. The number of hydrogen-bond donors (Lipinski definition) is 0. The van der Waals surface area contributed by atoms with Crippen LogP contribution in [0.5, 0.6) is 0 Å². The van der Waals surface area contributed by atoms with E-state index >= 15 is 0 Å². The molecule has 1 aliphatic heterocycles. The number of piperazine rings is 1. The number of thioether (sulfide) groups is 1. The van der Waals surface area contributed by atoms with Gasteiger partial charge in [0.1, 0.15) is 11.4 Å². The Morgan fingerprint density at radius 1 is 1.00 bits per heavy atom. The van der Waals surface area contributed by atoms with E-state index in [-0.39, 0.29) is 11.2 Å². The maximum absolute atomic E-state index is 12.9. The molecule has 144 valence electrons. The molecule has 0 saturated carbocycles. The van der Waals surface area contributed by atoms with Crippen molar-refractivity contribution in [1.82, 2.24) is 19.8 Å². The van der Waals surface area contributed by atoms with Gasteiger partial charge in [0.05, 0.1) is 10.8 Å². The Hall–Kier alpha value is -2.44. The molecule has 6 heteroatoms. The van der Waals surface area contributed by atoms with Gasteiger partial charge >= 0.3 is 0 Å². The first-order valence-electron chi connectivity index (χ1n) is 9.62. The second-order valence-corrected chi connectivity index (χ2v) is 8.37. The van der Waals surface area contributed by atoms with Crippen molar-refractivity contribution in [3.8, 4) is 0 Å². The van der Waals surface area contributed by atoms with Crippen molar-refractivity contribution in [1.29, 1.82) is 0 Å². The van der Waals surface area contributed by atoms with Crippen LogP contribution in [-0.4, -0.2) is 57.1 Å². The fraction of sp³-hybridized carbons (Fsp3) is 0.318. The van der Waals surface area contributed by atoms with Crippen molar-refractivity contribution in [3.05, 3.63) is 66.5 Å². The molecule has 4 rings (SSSR count). The van der Waals surface area contributed by atoms with Crippen LogP contribution in [0.2, 0.25) is 0 Å². The van der Waals surface area contributed by atoms with Gasteiger partial charge in [0.15, 0.2) is 0 Å². The highest BCUT2D eigenvalue weighted by Gasteiger charge is 2.26. The minimum atomic E-state index is -0.168. The van der Waals surface area contributed by atoms with Crippen LogP contribution in [0.1, 0.15) is 12.5 Å². The van der Waals surface area contributed by atoms with Crippen molar-refractivity contribution in [2.75, 3.05) is 26.2 Å². The molecule has 1 aliphatic rings. The minimum Gasteiger partial charge on any atom is -0.339 e. The van der Waals surface area contributed by atoms with E-state index in [1.807, 2.05) is 42.2 Å². The fourth-order valence-electron chi connectivity index (χ4n) is 3.52. The molecule has 2 aromatic carbocycles. The van der Waals surface area contributed by atoms with Crippen LogP contribution in [0.15, 0.2) is 66.0 Å². The van der Waals surface area contributed by atoms with Crippen LogP contribution >= 0.6 is 11.8 Å². The van der Waals surface area contributed by atoms with E-state index < -0.39 is 0 Å². The molecule has 28 heavy (non-hydrogen) atoms. The van der Waals surface area contributed by atoms with Gasteiger partial charge in [0, 0.05) is 38.1 Å². The predicted octanol–water partition coefficient (Wildman–Crippen LogP) is 3.45.